The zero-order valence-electron chi connectivity index (χ0n) is 12.4. The molecule has 7 nitrogen and oxygen atoms in total. The molecule has 3 aromatic rings. The first kappa shape index (κ1) is 16.3. The van der Waals surface area contributed by atoms with Gasteiger partial charge in [-0.2, -0.15) is 13.5 Å². The summed E-state index contributed by atoms with van der Waals surface area (Å²) in [5.74, 6) is 0.217. The second-order valence-electron chi connectivity index (χ2n) is 4.99. The Morgan fingerprint density at radius 1 is 1.17 bits per heavy atom. The van der Waals surface area contributed by atoms with Gasteiger partial charge in [0.1, 0.15) is 5.69 Å². The average molecular weight is 366 g/mol. The lowest BCUT2D eigenvalue weighted by Gasteiger charge is -2.09. The predicted molar refractivity (Wildman–Crippen MR) is 89.6 cm³/mol. The van der Waals surface area contributed by atoms with Crippen molar-refractivity contribution in [3.63, 3.8) is 0 Å². The van der Waals surface area contributed by atoms with E-state index in [1.807, 2.05) is 0 Å². The highest BCUT2D eigenvalue weighted by molar-refractivity contribution is 7.92. The molecular formula is C15H12ClN3O4S. The number of sulfonamides is 1. The molecule has 0 aliphatic carbocycles. The van der Waals surface area contributed by atoms with E-state index in [0.717, 1.165) is 5.56 Å². The maximum absolute atomic E-state index is 12.4. The molecule has 0 saturated carbocycles. The third-order valence-electron chi connectivity index (χ3n) is 3.22. The minimum absolute atomic E-state index is 0.217. The molecule has 2 heterocycles. The summed E-state index contributed by atoms with van der Waals surface area (Å²) in [6.07, 6.45) is 0. The summed E-state index contributed by atoms with van der Waals surface area (Å²) in [5, 5.41) is 6.18. The fourth-order valence-electron chi connectivity index (χ4n) is 1.98. The van der Waals surface area contributed by atoms with E-state index in [9.17, 15) is 13.2 Å². The van der Waals surface area contributed by atoms with E-state index in [1.165, 1.54) is 30.3 Å². The lowest BCUT2D eigenvalue weighted by molar-refractivity contribution is 0.461. The Balaban J connectivity index is 1.92. The quantitative estimate of drug-likeness (QED) is 0.739. The Hall–Kier alpha value is -2.58. The summed E-state index contributed by atoms with van der Waals surface area (Å²) in [7, 11) is -3.92. The number of rotatable bonds is 4. The number of halogens is 1. The maximum Gasteiger partial charge on any atom is 0.295 e. The highest BCUT2D eigenvalue weighted by Gasteiger charge is 2.20. The molecule has 0 aliphatic rings. The van der Waals surface area contributed by atoms with Gasteiger partial charge in [0.05, 0.1) is 5.69 Å². The number of aromatic nitrogens is 2. The number of anilines is 1. The van der Waals surface area contributed by atoms with Crippen LogP contribution in [0.2, 0.25) is 5.02 Å². The zero-order chi connectivity index (χ0) is 17.3. The summed E-state index contributed by atoms with van der Waals surface area (Å²) >= 11 is 5.89. The van der Waals surface area contributed by atoms with Gasteiger partial charge in [0.2, 0.25) is 5.09 Å². The molecule has 0 fully saturated rings. The second-order valence-corrected chi connectivity index (χ2v) is 7.04. The van der Waals surface area contributed by atoms with Crippen LogP contribution < -0.4 is 10.3 Å². The third-order valence-corrected chi connectivity index (χ3v) is 4.69. The highest BCUT2D eigenvalue weighted by atomic mass is 35.5. The Bertz CT molecular complexity index is 1040. The lowest BCUT2D eigenvalue weighted by atomic mass is 10.2. The van der Waals surface area contributed by atoms with Crippen LogP contribution in [0.5, 0.6) is 0 Å². The van der Waals surface area contributed by atoms with Crippen molar-refractivity contribution in [1.29, 1.82) is 0 Å². The van der Waals surface area contributed by atoms with Crippen LogP contribution in [0.15, 0.2) is 56.8 Å². The van der Waals surface area contributed by atoms with Crippen LogP contribution in [0.1, 0.15) is 5.56 Å². The van der Waals surface area contributed by atoms with Crippen LogP contribution in [-0.4, -0.2) is 18.6 Å². The van der Waals surface area contributed by atoms with E-state index in [1.54, 1.807) is 19.1 Å². The van der Waals surface area contributed by atoms with Gasteiger partial charge < -0.3 is 4.42 Å². The molecule has 0 aliphatic heterocycles. The Kier molecular flexibility index (Phi) is 4.16. The van der Waals surface area contributed by atoms with E-state index in [4.69, 9.17) is 16.0 Å². The lowest BCUT2D eigenvalue weighted by Crippen LogP contribution is -2.13. The van der Waals surface area contributed by atoms with Gasteiger partial charge in [-0.15, -0.1) is 0 Å². The SMILES string of the molecule is Cc1ccc(Cl)cc1NS(=O)(=O)c1ccc(-c2ccc(=O)[nH]n2)o1. The number of aromatic amines is 1. The van der Waals surface area contributed by atoms with E-state index >= 15 is 0 Å². The van der Waals surface area contributed by atoms with E-state index < -0.39 is 10.0 Å². The first-order chi connectivity index (χ1) is 11.3. The molecule has 0 bridgehead atoms. The van der Waals surface area contributed by atoms with Gasteiger partial charge in [-0.1, -0.05) is 17.7 Å². The normalized spacial score (nSPS) is 11.4. The number of H-pyrrole nitrogens is 1. The maximum atomic E-state index is 12.4. The molecule has 1 aromatic carbocycles. The molecule has 0 radical (unpaired) electrons. The Morgan fingerprint density at radius 3 is 2.67 bits per heavy atom. The van der Waals surface area contributed by atoms with Crippen LogP contribution in [0.3, 0.4) is 0 Å². The largest absolute Gasteiger partial charge is 0.441 e. The van der Waals surface area contributed by atoms with Crippen LogP contribution in [0.4, 0.5) is 5.69 Å². The topological polar surface area (TPSA) is 105 Å². The fraction of sp³-hybridized carbons (Fsp3) is 0.0667. The fourth-order valence-corrected chi connectivity index (χ4v) is 3.21. The van der Waals surface area contributed by atoms with Crippen molar-refractivity contribution in [3.8, 4) is 11.5 Å². The summed E-state index contributed by atoms with van der Waals surface area (Å²) in [6.45, 7) is 1.76. The molecule has 2 aromatic heterocycles. The summed E-state index contributed by atoms with van der Waals surface area (Å²) in [6, 6.07) is 10.4. The molecule has 0 spiro atoms. The van der Waals surface area contributed by atoms with Crippen molar-refractivity contribution in [2.75, 3.05) is 4.72 Å². The number of hydrogen-bond acceptors (Lipinski definition) is 5. The summed E-state index contributed by atoms with van der Waals surface area (Å²) in [4.78, 5) is 11.0. The van der Waals surface area contributed by atoms with Crippen LogP contribution in [0, 0.1) is 6.92 Å². The van der Waals surface area contributed by atoms with Gasteiger partial charge in [0.25, 0.3) is 15.6 Å². The summed E-state index contributed by atoms with van der Waals surface area (Å²) < 4.78 is 32.7. The van der Waals surface area contributed by atoms with E-state index in [-0.39, 0.29) is 16.4 Å². The first-order valence-corrected chi connectivity index (χ1v) is 8.66. The first-order valence-electron chi connectivity index (χ1n) is 6.80. The van der Waals surface area contributed by atoms with Gasteiger partial charge in [-0.05, 0) is 42.8 Å². The molecule has 124 valence electrons. The van der Waals surface area contributed by atoms with Crippen LogP contribution in [-0.2, 0) is 10.0 Å². The number of hydrogen-bond donors (Lipinski definition) is 2. The van der Waals surface area contributed by atoms with Crippen molar-refractivity contribution in [2.24, 2.45) is 0 Å². The highest BCUT2D eigenvalue weighted by Crippen LogP contribution is 2.26. The van der Waals surface area contributed by atoms with Gasteiger partial charge in [0.15, 0.2) is 5.76 Å². The van der Waals surface area contributed by atoms with Crippen molar-refractivity contribution in [2.45, 2.75) is 12.0 Å². The van der Waals surface area contributed by atoms with E-state index in [0.29, 0.717) is 16.4 Å². The molecule has 0 atom stereocenters. The monoisotopic (exact) mass is 365 g/mol. The van der Waals surface area contributed by atoms with Crippen molar-refractivity contribution in [3.05, 3.63) is 63.4 Å². The van der Waals surface area contributed by atoms with Crippen molar-refractivity contribution >= 4 is 27.3 Å². The van der Waals surface area contributed by atoms with Crippen molar-refractivity contribution < 1.29 is 12.8 Å². The molecule has 3 rings (SSSR count). The minimum atomic E-state index is -3.92. The minimum Gasteiger partial charge on any atom is -0.441 e. The Morgan fingerprint density at radius 2 is 1.96 bits per heavy atom. The Labute approximate surface area is 142 Å². The van der Waals surface area contributed by atoms with Gasteiger partial charge >= 0.3 is 0 Å². The molecule has 9 heteroatoms. The zero-order valence-corrected chi connectivity index (χ0v) is 14.0. The van der Waals surface area contributed by atoms with Crippen LogP contribution >= 0.6 is 11.6 Å². The third kappa shape index (κ3) is 3.34. The standard InChI is InChI=1S/C15H12ClN3O4S/c1-9-2-3-10(16)8-12(9)19-24(21,22)15-7-5-13(23-15)11-4-6-14(20)18-17-11/h2-8,19H,1H3,(H,18,20). The van der Waals surface area contributed by atoms with E-state index in [2.05, 4.69) is 14.9 Å². The van der Waals surface area contributed by atoms with Crippen LogP contribution in [0.25, 0.3) is 11.5 Å². The number of benzene rings is 1. The molecule has 24 heavy (non-hydrogen) atoms. The summed E-state index contributed by atoms with van der Waals surface area (Å²) in [5.41, 5.74) is 1.03. The predicted octanol–water partition coefficient (Wildman–Crippen LogP) is 2.79. The average Bonchev–Trinajstić information content (AvgIpc) is 3.02. The van der Waals surface area contributed by atoms with Gasteiger partial charge in [0, 0.05) is 11.1 Å². The second kappa shape index (κ2) is 6.14. The number of furan rings is 1. The van der Waals surface area contributed by atoms with Crippen molar-refractivity contribution in [1.82, 2.24) is 10.2 Å². The molecule has 0 amide bonds. The molecule has 0 unspecified atom stereocenters. The van der Waals surface area contributed by atoms with Gasteiger partial charge in [-0.25, -0.2) is 5.10 Å². The number of nitrogens with zero attached hydrogens (tertiary/aromatic N) is 1. The van der Waals surface area contributed by atoms with Gasteiger partial charge in [-0.3, -0.25) is 9.52 Å². The molecule has 2 N–H and O–H groups in total. The molecule has 0 saturated heterocycles. The molecular weight excluding hydrogens is 354 g/mol. The smallest absolute Gasteiger partial charge is 0.295 e. The number of nitrogens with one attached hydrogen (secondary N) is 2. The number of aryl methyl sites for hydroxylation is 1.